The number of aromatic nitrogens is 5. The Hall–Kier alpha value is -4.47. The maximum atomic E-state index is 13.1. The molecule has 0 fully saturated rings. The molecule has 0 radical (unpaired) electrons. The van der Waals surface area contributed by atoms with Gasteiger partial charge < -0.3 is 4.74 Å². The third-order valence-corrected chi connectivity index (χ3v) is 5.51. The second-order valence-electron chi connectivity index (χ2n) is 8.36. The molecule has 0 bridgehead atoms. The zero-order chi connectivity index (χ0) is 25.4. The molecular weight excluding hydrogens is 471 g/mol. The molecule has 0 aliphatic heterocycles. The molecule has 4 aromatic heterocycles. The van der Waals surface area contributed by atoms with E-state index in [0.717, 1.165) is 23.9 Å². The first-order chi connectivity index (χ1) is 17.2. The molecule has 0 aliphatic rings. The van der Waals surface area contributed by atoms with Crippen LogP contribution >= 0.6 is 0 Å². The Morgan fingerprint density at radius 1 is 0.944 bits per heavy atom. The van der Waals surface area contributed by atoms with Gasteiger partial charge in [-0.3, -0.25) is 4.79 Å². The lowest BCUT2D eigenvalue weighted by Crippen LogP contribution is -2.23. The molecule has 0 N–H and O–H groups in total. The smallest absolute Gasteiger partial charge is 0.416 e. The lowest BCUT2D eigenvalue weighted by Gasteiger charge is -2.11. The number of hydrogen-bond acceptors (Lipinski definition) is 5. The monoisotopic (exact) mass is 491 g/mol. The molecule has 182 valence electrons. The van der Waals surface area contributed by atoms with Crippen molar-refractivity contribution in [1.29, 1.82) is 0 Å². The van der Waals surface area contributed by atoms with Gasteiger partial charge in [0.15, 0.2) is 0 Å². The van der Waals surface area contributed by atoms with Crippen molar-refractivity contribution in [2.24, 2.45) is 0 Å². The molecule has 0 atom stereocenters. The predicted molar refractivity (Wildman–Crippen MR) is 128 cm³/mol. The Morgan fingerprint density at radius 2 is 1.72 bits per heavy atom. The van der Waals surface area contributed by atoms with Crippen molar-refractivity contribution in [1.82, 2.24) is 24.4 Å². The number of nitrogens with zero attached hydrogens (tertiary/aromatic N) is 5. The van der Waals surface area contributed by atoms with Crippen LogP contribution in [0.4, 0.5) is 13.2 Å². The van der Waals surface area contributed by atoms with E-state index >= 15 is 0 Å². The van der Waals surface area contributed by atoms with Crippen molar-refractivity contribution in [2.75, 3.05) is 0 Å². The van der Waals surface area contributed by atoms with Crippen molar-refractivity contribution < 1.29 is 17.9 Å². The van der Waals surface area contributed by atoms with Crippen molar-refractivity contribution in [3.05, 3.63) is 95.0 Å². The van der Waals surface area contributed by atoms with Crippen LogP contribution in [-0.2, 0) is 6.18 Å². The Labute approximate surface area is 203 Å². The van der Waals surface area contributed by atoms with E-state index in [2.05, 4.69) is 10.1 Å². The predicted octanol–water partition coefficient (Wildman–Crippen LogP) is 6.01. The van der Waals surface area contributed by atoms with Crippen LogP contribution in [0.15, 0.2) is 83.9 Å². The van der Waals surface area contributed by atoms with Crippen molar-refractivity contribution in [3.8, 4) is 34.1 Å². The van der Waals surface area contributed by atoms with E-state index in [0.29, 0.717) is 22.5 Å². The van der Waals surface area contributed by atoms with E-state index in [1.165, 1.54) is 10.7 Å². The third-order valence-electron chi connectivity index (χ3n) is 5.51. The first kappa shape index (κ1) is 23.3. The van der Waals surface area contributed by atoms with E-state index in [-0.39, 0.29) is 23.2 Å². The topological polar surface area (TPSA) is 74.3 Å². The summed E-state index contributed by atoms with van der Waals surface area (Å²) in [6, 6.07) is 17.4. The van der Waals surface area contributed by atoms with E-state index in [1.807, 2.05) is 44.2 Å². The van der Waals surface area contributed by atoms with Crippen LogP contribution in [0.5, 0.6) is 11.6 Å². The lowest BCUT2D eigenvalue weighted by molar-refractivity contribution is -0.137. The fraction of sp³-hybridized carbons (Fsp3) is 0.154. The highest BCUT2D eigenvalue weighted by atomic mass is 19.4. The number of halogens is 3. The van der Waals surface area contributed by atoms with Crippen LogP contribution in [-0.4, -0.2) is 24.4 Å². The second-order valence-corrected chi connectivity index (χ2v) is 8.36. The first-order valence-corrected chi connectivity index (χ1v) is 11.1. The van der Waals surface area contributed by atoms with Gasteiger partial charge in [0.2, 0.25) is 5.88 Å². The lowest BCUT2D eigenvalue weighted by atomic mass is 10.0. The van der Waals surface area contributed by atoms with Crippen LogP contribution in [0, 0.1) is 0 Å². The summed E-state index contributed by atoms with van der Waals surface area (Å²) in [6.45, 7) is 3.72. The number of pyridine rings is 2. The zero-order valence-corrected chi connectivity index (χ0v) is 19.3. The van der Waals surface area contributed by atoms with Gasteiger partial charge in [0.05, 0.1) is 28.4 Å². The molecular formula is C26H20F3N5O2. The maximum Gasteiger partial charge on any atom is 0.416 e. The van der Waals surface area contributed by atoms with Gasteiger partial charge >= 0.3 is 6.18 Å². The van der Waals surface area contributed by atoms with Crippen molar-refractivity contribution in [3.63, 3.8) is 0 Å². The standard InChI is InChI=1S/C26H20F3N5O2/c1-16(2)34-23(35)9-8-20(31-34)24-21-15-19(36-22-14-18(10-12-30-22)26(27,28)29)11-13-33(21)32-25(24)17-6-4-3-5-7-17/h3-16H,1-2H3. The average molecular weight is 491 g/mol. The fourth-order valence-corrected chi connectivity index (χ4v) is 3.83. The fourth-order valence-electron chi connectivity index (χ4n) is 3.83. The molecule has 7 nitrogen and oxygen atoms in total. The molecule has 0 saturated heterocycles. The first-order valence-electron chi connectivity index (χ1n) is 11.1. The number of fused-ring (bicyclic) bond motifs is 1. The molecule has 0 aliphatic carbocycles. The minimum atomic E-state index is -4.51. The molecule has 1 aromatic carbocycles. The number of benzene rings is 1. The Balaban J connectivity index is 1.67. The number of hydrogen-bond donors (Lipinski definition) is 0. The molecule has 5 aromatic rings. The highest BCUT2D eigenvalue weighted by Crippen LogP contribution is 2.36. The van der Waals surface area contributed by atoms with Gasteiger partial charge in [0, 0.05) is 36.2 Å². The number of ether oxygens (including phenoxy) is 1. The summed E-state index contributed by atoms with van der Waals surface area (Å²) in [4.78, 5) is 16.2. The van der Waals surface area contributed by atoms with Gasteiger partial charge in [-0.05, 0) is 32.0 Å². The highest BCUT2D eigenvalue weighted by molar-refractivity contribution is 5.91. The van der Waals surface area contributed by atoms with Crippen LogP contribution in [0.2, 0.25) is 0 Å². The molecule has 36 heavy (non-hydrogen) atoms. The van der Waals surface area contributed by atoms with E-state index in [4.69, 9.17) is 9.84 Å². The van der Waals surface area contributed by atoms with E-state index < -0.39 is 11.7 Å². The summed E-state index contributed by atoms with van der Waals surface area (Å²) in [6.07, 6.45) is -1.82. The average Bonchev–Trinajstić information content (AvgIpc) is 3.23. The van der Waals surface area contributed by atoms with E-state index in [9.17, 15) is 18.0 Å². The molecule has 0 amide bonds. The minimum absolute atomic E-state index is 0.162. The van der Waals surface area contributed by atoms with Crippen LogP contribution in [0.25, 0.3) is 28.0 Å². The second kappa shape index (κ2) is 8.95. The van der Waals surface area contributed by atoms with Gasteiger partial charge in [0.1, 0.15) is 11.4 Å². The Kier molecular flexibility index (Phi) is 5.79. The quantitative estimate of drug-likeness (QED) is 0.301. The zero-order valence-electron chi connectivity index (χ0n) is 19.3. The summed E-state index contributed by atoms with van der Waals surface area (Å²) < 4.78 is 48.0. The van der Waals surface area contributed by atoms with Gasteiger partial charge in [-0.1, -0.05) is 30.3 Å². The van der Waals surface area contributed by atoms with Crippen molar-refractivity contribution >= 4 is 5.52 Å². The Bertz CT molecular complexity index is 1610. The molecule has 0 spiro atoms. The SMILES string of the molecule is CC(C)n1nc(-c2c(-c3ccccc3)nn3ccc(Oc4cc(C(F)(F)F)ccn4)cc23)ccc1=O. The summed E-state index contributed by atoms with van der Waals surface area (Å²) in [5.74, 6) is 0.0808. The molecule has 5 rings (SSSR count). The summed E-state index contributed by atoms with van der Waals surface area (Å²) >= 11 is 0. The van der Waals surface area contributed by atoms with Crippen molar-refractivity contribution in [2.45, 2.75) is 26.1 Å². The van der Waals surface area contributed by atoms with Crippen LogP contribution < -0.4 is 10.3 Å². The normalized spacial score (nSPS) is 11.8. The summed E-state index contributed by atoms with van der Waals surface area (Å²) in [7, 11) is 0. The van der Waals surface area contributed by atoms with Gasteiger partial charge in [-0.15, -0.1) is 0 Å². The summed E-state index contributed by atoms with van der Waals surface area (Å²) in [5.41, 5.74) is 2.15. The van der Waals surface area contributed by atoms with E-state index in [1.54, 1.807) is 28.9 Å². The highest BCUT2D eigenvalue weighted by Gasteiger charge is 2.31. The van der Waals surface area contributed by atoms with Crippen LogP contribution in [0.3, 0.4) is 0 Å². The minimum Gasteiger partial charge on any atom is -0.439 e. The van der Waals surface area contributed by atoms with Gasteiger partial charge in [-0.25, -0.2) is 14.2 Å². The summed E-state index contributed by atoms with van der Waals surface area (Å²) in [5, 5.41) is 9.30. The largest absolute Gasteiger partial charge is 0.439 e. The molecule has 0 saturated carbocycles. The maximum absolute atomic E-state index is 13.1. The molecule has 4 heterocycles. The Morgan fingerprint density at radius 3 is 2.44 bits per heavy atom. The van der Waals surface area contributed by atoms with Gasteiger partial charge in [0.25, 0.3) is 5.56 Å². The number of rotatable bonds is 5. The number of alkyl halides is 3. The molecule has 0 unspecified atom stereocenters. The third kappa shape index (κ3) is 4.45. The van der Waals surface area contributed by atoms with Crippen LogP contribution in [0.1, 0.15) is 25.5 Å². The van der Waals surface area contributed by atoms with Gasteiger partial charge in [-0.2, -0.15) is 23.4 Å². The molecule has 10 heteroatoms.